The van der Waals surface area contributed by atoms with Gasteiger partial charge < -0.3 is 18.9 Å². The van der Waals surface area contributed by atoms with Gasteiger partial charge in [0.2, 0.25) is 6.10 Å². The first-order valence-corrected chi connectivity index (χ1v) is 7.64. The van der Waals surface area contributed by atoms with Crippen LogP contribution in [0.15, 0.2) is 47.6 Å². The van der Waals surface area contributed by atoms with Crippen molar-refractivity contribution in [2.45, 2.75) is 6.10 Å². The summed E-state index contributed by atoms with van der Waals surface area (Å²) in [5, 5.41) is 3.95. The second-order valence-corrected chi connectivity index (χ2v) is 5.24. The largest absolute Gasteiger partial charge is 0.497 e. The summed E-state index contributed by atoms with van der Waals surface area (Å²) in [6.07, 6.45) is 0.743. The van der Waals surface area contributed by atoms with E-state index in [0.29, 0.717) is 23.0 Å². The minimum absolute atomic E-state index is 0.130. The molecule has 0 aliphatic carbocycles. The number of para-hydroxylation sites is 2. The molecule has 1 amide bonds. The highest BCUT2D eigenvalue weighted by atomic mass is 16.6. The normalized spacial score (nSPS) is 15.7. The fraction of sp³-hybridized carbons (Fsp3) is 0.222. The molecule has 0 unspecified atom stereocenters. The van der Waals surface area contributed by atoms with Crippen molar-refractivity contribution in [1.29, 1.82) is 0 Å². The molecule has 1 heterocycles. The van der Waals surface area contributed by atoms with Gasteiger partial charge in [0.1, 0.15) is 18.1 Å². The molecule has 7 nitrogen and oxygen atoms in total. The van der Waals surface area contributed by atoms with Crippen molar-refractivity contribution in [2.24, 2.45) is 5.10 Å². The number of methoxy groups -OCH3 is 2. The fourth-order valence-electron chi connectivity index (χ4n) is 2.30. The lowest BCUT2D eigenvalue weighted by molar-refractivity contribution is -0.130. The van der Waals surface area contributed by atoms with E-state index in [1.807, 2.05) is 12.1 Å². The highest BCUT2D eigenvalue weighted by molar-refractivity contribution is 5.85. The Morgan fingerprint density at radius 3 is 2.52 bits per heavy atom. The number of benzene rings is 2. The monoisotopic (exact) mass is 342 g/mol. The van der Waals surface area contributed by atoms with Crippen LogP contribution in [0.5, 0.6) is 23.0 Å². The molecule has 1 aliphatic rings. The third kappa shape index (κ3) is 4.00. The van der Waals surface area contributed by atoms with Gasteiger partial charge >= 0.3 is 0 Å². The molecule has 2 aromatic rings. The third-order valence-electron chi connectivity index (χ3n) is 3.56. The van der Waals surface area contributed by atoms with E-state index in [9.17, 15) is 4.79 Å². The maximum Gasteiger partial charge on any atom is 0.284 e. The number of rotatable bonds is 5. The Hall–Kier alpha value is -3.22. The summed E-state index contributed by atoms with van der Waals surface area (Å²) in [7, 11) is 3.13. The van der Waals surface area contributed by atoms with Crippen molar-refractivity contribution in [2.75, 3.05) is 20.8 Å². The van der Waals surface area contributed by atoms with E-state index < -0.39 is 6.10 Å². The maximum atomic E-state index is 12.2. The van der Waals surface area contributed by atoms with Crippen LogP contribution in [0.4, 0.5) is 0 Å². The number of amides is 1. The molecule has 1 N–H and O–H groups in total. The Morgan fingerprint density at radius 1 is 1.16 bits per heavy atom. The van der Waals surface area contributed by atoms with E-state index in [2.05, 4.69) is 10.5 Å². The van der Waals surface area contributed by atoms with Gasteiger partial charge in [-0.05, 0) is 24.3 Å². The Morgan fingerprint density at radius 2 is 1.84 bits per heavy atom. The van der Waals surface area contributed by atoms with E-state index in [4.69, 9.17) is 18.9 Å². The molecule has 1 atom stereocenters. The molecule has 0 saturated carbocycles. The number of fused-ring (bicyclic) bond motifs is 1. The van der Waals surface area contributed by atoms with Crippen LogP contribution < -0.4 is 24.4 Å². The van der Waals surface area contributed by atoms with Crippen molar-refractivity contribution in [3.05, 3.63) is 48.0 Å². The van der Waals surface area contributed by atoms with E-state index in [1.165, 1.54) is 6.21 Å². The first-order valence-electron chi connectivity index (χ1n) is 7.64. The lowest BCUT2D eigenvalue weighted by atomic mass is 10.2. The SMILES string of the molecule is COc1cc(/C=N\NC(=O)[C@H]2COc3ccccc3O2)cc(OC)c1. The molecule has 0 aromatic heterocycles. The van der Waals surface area contributed by atoms with E-state index >= 15 is 0 Å². The number of hydrogen-bond donors (Lipinski definition) is 1. The van der Waals surface area contributed by atoms with Crippen LogP contribution in [0, 0.1) is 0 Å². The minimum Gasteiger partial charge on any atom is -0.497 e. The number of ether oxygens (including phenoxy) is 4. The van der Waals surface area contributed by atoms with Gasteiger partial charge in [-0.15, -0.1) is 0 Å². The summed E-state index contributed by atoms with van der Waals surface area (Å²) in [4.78, 5) is 12.2. The van der Waals surface area contributed by atoms with E-state index in [0.717, 1.165) is 5.56 Å². The number of nitrogens with zero attached hydrogens (tertiary/aromatic N) is 1. The molecule has 130 valence electrons. The van der Waals surface area contributed by atoms with Crippen molar-refractivity contribution in [3.63, 3.8) is 0 Å². The summed E-state index contributed by atoms with van der Waals surface area (Å²) in [6, 6.07) is 12.5. The Kier molecular flexibility index (Phi) is 5.03. The van der Waals surface area contributed by atoms with Crippen LogP contribution in [0.1, 0.15) is 5.56 Å². The minimum atomic E-state index is -0.758. The van der Waals surface area contributed by atoms with Crippen LogP contribution in [0.25, 0.3) is 0 Å². The standard InChI is InChI=1S/C18H18N2O5/c1-22-13-7-12(8-14(9-13)23-2)10-19-20-18(21)17-11-24-15-5-3-4-6-16(15)25-17/h3-10,17H,11H2,1-2H3,(H,20,21)/b19-10-/t17-/m1/s1. The van der Waals surface area contributed by atoms with Crippen LogP contribution >= 0.6 is 0 Å². The highest BCUT2D eigenvalue weighted by Crippen LogP contribution is 2.30. The summed E-state index contributed by atoms with van der Waals surface area (Å²) in [6.45, 7) is 0.130. The van der Waals surface area contributed by atoms with Gasteiger partial charge in [-0.25, -0.2) is 5.43 Å². The molecular formula is C18H18N2O5. The van der Waals surface area contributed by atoms with Crippen molar-refractivity contribution < 1.29 is 23.7 Å². The first kappa shape index (κ1) is 16.6. The molecule has 0 saturated heterocycles. The lowest BCUT2D eigenvalue weighted by Crippen LogP contribution is -2.42. The van der Waals surface area contributed by atoms with Crippen molar-refractivity contribution in [1.82, 2.24) is 5.43 Å². The average Bonchev–Trinajstić information content (AvgIpc) is 2.67. The maximum absolute atomic E-state index is 12.2. The molecule has 0 spiro atoms. The first-order chi connectivity index (χ1) is 12.2. The number of carbonyl (C=O) groups excluding carboxylic acids is 1. The van der Waals surface area contributed by atoms with Gasteiger partial charge in [0.05, 0.1) is 20.4 Å². The predicted octanol–water partition coefficient (Wildman–Crippen LogP) is 1.99. The van der Waals surface area contributed by atoms with Crippen LogP contribution in [0.2, 0.25) is 0 Å². The molecule has 0 radical (unpaired) electrons. The molecular weight excluding hydrogens is 324 g/mol. The summed E-state index contributed by atoms with van der Waals surface area (Å²) < 4.78 is 21.5. The second-order valence-electron chi connectivity index (χ2n) is 5.24. The van der Waals surface area contributed by atoms with Gasteiger partial charge in [0, 0.05) is 11.6 Å². The molecule has 3 rings (SSSR count). The smallest absolute Gasteiger partial charge is 0.284 e. The Balaban J connectivity index is 1.62. The van der Waals surface area contributed by atoms with Gasteiger partial charge in [-0.1, -0.05) is 12.1 Å². The fourth-order valence-corrected chi connectivity index (χ4v) is 2.30. The Bertz CT molecular complexity index is 769. The molecule has 7 heteroatoms. The summed E-state index contributed by atoms with van der Waals surface area (Å²) in [5.74, 6) is 2.04. The van der Waals surface area contributed by atoms with Gasteiger partial charge in [0.25, 0.3) is 5.91 Å². The number of hydrogen-bond acceptors (Lipinski definition) is 6. The van der Waals surface area contributed by atoms with Gasteiger partial charge in [-0.2, -0.15) is 5.10 Å². The van der Waals surface area contributed by atoms with Crippen molar-refractivity contribution >= 4 is 12.1 Å². The van der Waals surface area contributed by atoms with Crippen LogP contribution in [-0.4, -0.2) is 39.1 Å². The Labute approximate surface area is 145 Å². The zero-order valence-electron chi connectivity index (χ0n) is 13.9. The number of nitrogens with one attached hydrogen (secondary N) is 1. The van der Waals surface area contributed by atoms with Gasteiger partial charge in [0.15, 0.2) is 11.5 Å². The third-order valence-corrected chi connectivity index (χ3v) is 3.56. The molecule has 2 aromatic carbocycles. The number of hydrazone groups is 1. The topological polar surface area (TPSA) is 78.4 Å². The average molecular weight is 342 g/mol. The zero-order valence-corrected chi connectivity index (χ0v) is 13.9. The summed E-state index contributed by atoms with van der Waals surface area (Å²) >= 11 is 0. The van der Waals surface area contributed by atoms with E-state index in [-0.39, 0.29) is 12.5 Å². The van der Waals surface area contributed by atoms with Gasteiger partial charge in [-0.3, -0.25) is 4.79 Å². The molecule has 0 bridgehead atoms. The lowest BCUT2D eigenvalue weighted by Gasteiger charge is -2.24. The summed E-state index contributed by atoms with van der Waals surface area (Å²) in [5.41, 5.74) is 3.18. The van der Waals surface area contributed by atoms with Crippen LogP contribution in [-0.2, 0) is 4.79 Å². The van der Waals surface area contributed by atoms with Crippen molar-refractivity contribution in [3.8, 4) is 23.0 Å². The zero-order chi connectivity index (χ0) is 17.6. The molecule has 0 fully saturated rings. The highest BCUT2D eigenvalue weighted by Gasteiger charge is 2.26. The molecule has 1 aliphatic heterocycles. The number of carbonyl (C=O) groups is 1. The predicted molar refractivity (Wildman–Crippen MR) is 91.6 cm³/mol. The second kappa shape index (κ2) is 7.57. The molecule has 25 heavy (non-hydrogen) atoms. The van der Waals surface area contributed by atoms with E-state index in [1.54, 1.807) is 44.6 Å². The van der Waals surface area contributed by atoms with Crippen LogP contribution in [0.3, 0.4) is 0 Å². The quantitative estimate of drug-likeness (QED) is 0.664.